The summed E-state index contributed by atoms with van der Waals surface area (Å²) < 4.78 is 31.2. The normalized spacial score (nSPS) is 11.4. The summed E-state index contributed by atoms with van der Waals surface area (Å²) >= 11 is 0. The molecule has 0 aromatic rings. The molecule has 0 aliphatic heterocycles. The first-order valence-corrected chi connectivity index (χ1v) is 10.4. The molecule has 0 saturated carbocycles. The Hall–Kier alpha value is 0.194. The maximum absolute atomic E-state index is 5.65. The first kappa shape index (κ1) is 22.5. The van der Waals surface area contributed by atoms with Crippen LogP contribution in [0.25, 0.3) is 0 Å². The maximum atomic E-state index is 5.65. The molecule has 0 bridgehead atoms. The Labute approximate surface area is 127 Å². The van der Waals surface area contributed by atoms with E-state index in [2.05, 4.69) is 6.92 Å². The van der Waals surface area contributed by atoms with Crippen LogP contribution in [-0.4, -0.2) is 59.5 Å². The Kier molecular flexibility index (Phi) is 17.5. The fourth-order valence-corrected chi connectivity index (χ4v) is 4.79. The summed E-state index contributed by atoms with van der Waals surface area (Å²) in [6.07, 6.45) is 1.05. The minimum Gasteiger partial charge on any atom is -0.379 e. The van der Waals surface area contributed by atoms with Crippen molar-refractivity contribution >= 4 is 18.3 Å². The Morgan fingerprint density at radius 3 is 1.20 bits per heavy atom. The van der Waals surface area contributed by atoms with Gasteiger partial charge < -0.3 is 26.6 Å². The minimum absolute atomic E-state index is 0.673. The largest absolute Gasteiger partial charge is 0.500 e. The summed E-state index contributed by atoms with van der Waals surface area (Å²) in [6.45, 7) is 10.1. The van der Waals surface area contributed by atoms with Gasteiger partial charge in [0.25, 0.3) is 0 Å². The van der Waals surface area contributed by atoms with Crippen molar-refractivity contribution in [3.05, 3.63) is 0 Å². The predicted octanol–water partition coefficient (Wildman–Crippen LogP) is 2.09. The quantitative estimate of drug-likeness (QED) is 0.541. The molecule has 0 radical (unpaired) electrons. The molecule has 0 aromatic carbocycles. The van der Waals surface area contributed by atoms with Crippen molar-refractivity contribution in [3.63, 3.8) is 0 Å². The third-order valence-electron chi connectivity index (χ3n) is 2.23. The molecule has 0 atom stereocenters. The monoisotopic (exact) mass is 328 g/mol. The molecule has 0 aliphatic carbocycles. The van der Waals surface area contributed by atoms with Crippen LogP contribution in [-0.2, 0) is 26.6 Å². The molecule has 0 amide bonds. The first-order valence-electron chi connectivity index (χ1n) is 7.09. The second-order valence-corrected chi connectivity index (χ2v) is 8.45. The molecule has 0 spiro atoms. The van der Waals surface area contributed by atoms with Crippen LogP contribution in [0.1, 0.15) is 34.1 Å². The Morgan fingerprint density at radius 2 is 1.05 bits per heavy atom. The van der Waals surface area contributed by atoms with E-state index in [1.807, 2.05) is 20.8 Å². The van der Waals surface area contributed by atoms with E-state index in [1.54, 1.807) is 21.3 Å². The van der Waals surface area contributed by atoms with Gasteiger partial charge in [-0.25, -0.2) is 0 Å². The van der Waals surface area contributed by atoms with Crippen molar-refractivity contribution in [2.45, 2.75) is 40.2 Å². The number of rotatable bonds is 11. The van der Waals surface area contributed by atoms with Crippen LogP contribution in [0.15, 0.2) is 0 Å². The average Bonchev–Trinajstić information content (AvgIpc) is 2.43. The van der Waals surface area contributed by atoms with Gasteiger partial charge in [-0.15, -0.1) is 0 Å². The topological polar surface area (TPSA) is 55.4 Å². The summed E-state index contributed by atoms with van der Waals surface area (Å²) in [5.41, 5.74) is 0. The maximum Gasteiger partial charge on any atom is 0.500 e. The molecular weight excluding hydrogens is 296 g/mol. The lowest BCUT2D eigenvalue weighted by molar-refractivity contribution is 0.0711. The minimum atomic E-state index is -2.30. The average molecular weight is 329 g/mol. The second kappa shape index (κ2) is 15.6. The van der Waals surface area contributed by atoms with E-state index in [0.717, 1.165) is 12.5 Å². The molecule has 124 valence electrons. The van der Waals surface area contributed by atoms with Crippen molar-refractivity contribution in [1.82, 2.24) is 0 Å². The van der Waals surface area contributed by atoms with Gasteiger partial charge >= 0.3 is 18.3 Å². The summed E-state index contributed by atoms with van der Waals surface area (Å²) in [5, 5.41) is 0. The van der Waals surface area contributed by atoms with E-state index >= 15 is 0 Å². The smallest absolute Gasteiger partial charge is 0.379 e. The van der Waals surface area contributed by atoms with Crippen LogP contribution in [0.3, 0.4) is 0 Å². The highest BCUT2D eigenvalue weighted by Gasteiger charge is 2.38. The Balaban J connectivity index is 0. The fraction of sp³-hybridized carbons (Fsp3) is 1.00. The van der Waals surface area contributed by atoms with E-state index in [0.29, 0.717) is 19.8 Å². The van der Waals surface area contributed by atoms with Crippen LogP contribution in [0.4, 0.5) is 0 Å². The van der Waals surface area contributed by atoms with E-state index in [4.69, 9.17) is 26.6 Å². The van der Waals surface area contributed by atoms with Crippen LogP contribution in [0, 0.1) is 0 Å². The van der Waals surface area contributed by atoms with E-state index in [9.17, 15) is 0 Å². The van der Waals surface area contributed by atoms with Gasteiger partial charge in [-0.1, -0.05) is 13.3 Å². The molecule has 0 saturated heterocycles. The lowest BCUT2D eigenvalue weighted by Crippen LogP contribution is -2.45. The van der Waals surface area contributed by atoms with Gasteiger partial charge in [0, 0.05) is 47.2 Å². The highest BCUT2D eigenvalue weighted by molar-refractivity contribution is 6.60. The summed E-state index contributed by atoms with van der Waals surface area (Å²) in [6, 6.07) is 0.919. The van der Waals surface area contributed by atoms with E-state index in [1.165, 1.54) is 0 Å². The SMILES string of the molecule is CCC[Si](OCC)(OCC)OCC.CO[SiH](OC)OC. The van der Waals surface area contributed by atoms with Crippen molar-refractivity contribution in [2.24, 2.45) is 0 Å². The summed E-state index contributed by atoms with van der Waals surface area (Å²) in [7, 11) is 0.753. The zero-order valence-electron chi connectivity index (χ0n) is 14.1. The van der Waals surface area contributed by atoms with Crippen LogP contribution in [0.5, 0.6) is 0 Å². The molecule has 0 unspecified atom stereocenters. The zero-order valence-corrected chi connectivity index (χ0v) is 16.2. The molecule has 8 heteroatoms. The van der Waals surface area contributed by atoms with Gasteiger partial charge in [0.1, 0.15) is 0 Å². The van der Waals surface area contributed by atoms with Crippen molar-refractivity contribution < 1.29 is 26.6 Å². The van der Waals surface area contributed by atoms with E-state index < -0.39 is 18.3 Å². The van der Waals surface area contributed by atoms with Crippen LogP contribution >= 0.6 is 0 Å². The first-order chi connectivity index (χ1) is 9.59. The molecule has 20 heavy (non-hydrogen) atoms. The van der Waals surface area contributed by atoms with Crippen LogP contribution in [0.2, 0.25) is 6.04 Å². The highest BCUT2D eigenvalue weighted by atomic mass is 28.4. The van der Waals surface area contributed by atoms with Gasteiger partial charge in [0.2, 0.25) is 0 Å². The number of hydrogen-bond acceptors (Lipinski definition) is 6. The van der Waals surface area contributed by atoms with Gasteiger partial charge in [-0.2, -0.15) is 0 Å². The second-order valence-electron chi connectivity index (χ2n) is 3.73. The standard InChI is InChI=1S/C9H22O3Si.C3H10O3Si/c1-5-9-13(10-6-2,11-7-3)12-8-4;1-4-7(5-2)6-3/h5-9H2,1-4H3;7H,1-3H3. The molecule has 0 fully saturated rings. The predicted molar refractivity (Wildman–Crippen MR) is 83.9 cm³/mol. The summed E-state index contributed by atoms with van der Waals surface area (Å²) in [4.78, 5) is 0. The van der Waals surface area contributed by atoms with Crippen molar-refractivity contribution in [3.8, 4) is 0 Å². The molecule has 0 N–H and O–H groups in total. The summed E-state index contributed by atoms with van der Waals surface area (Å²) in [5.74, 6) is 0. The Bertz CT molecular complexity index is 158. The molecular formula is C12H32O6Si2. The van der Waals surface area contributed by atoms with Crippen LogP contribution < -0.4 is 0 Å². The third kappa shape index (κ3) is 10.9. The zero-order chi connectivity index (χ0) is 15.9. The number of hydrogen-bond donors (Lipinski definition) is 0. The Morgan fingerprint density at radius 1 is 0.700 bits per heavy atom. The highest BCUT2D eigenvalue weighted by Crippen LogP contribution is 2.17. The molecule has 0 aliphatic rings. The molecule has 0 heterocycles. The molecule has 0 aromatic heterocycles. The molecule has 6 nitrogen and oxygen atoms in total. The van der Waals surface area contributed by atoms with Gasteiger partial charge in [-0.05, 0) is 20.8 Å². The van der Waals surface area contributed by atoms with Gasteiger partial charge in [0.05, 0.1) is 0 Å². The third-order valence-corrected chi connectivity index (χ3v) is 6.68. The lowest BCUT2D eigenvalue weighted by Gasteiger charge is -2.27. The molecule has 0 rings (SSSR count). The van der Waals surface area contributed by atoms with Crippen molar-refractivity contribution in [2.75, 3.05) is 41.2 Å². The van der Waals surface area contributed by atoms with Gasteiger partial charge in [0.15, 0.2) is 0 Å². The van der Waals surface area contributed by atoms with Gasteiger partial charge in [-0.3, -0.25) is 0 Å². The lowest BCUT2D eigenvalue weighted by atomic mass is 10.6. The fourth-order valence-electron chi connectivity index (χ4n) is 1.60. The van der Waals surface area contributed by atoms with Crippen molar-refractivity contribution in [1.29, 1.82) is 0 Å². The van der Waals surface area contributed by atoms with E-state index in [-0.39, 0.29) is 0 Å².